The molecule has 15 heavy (non-hydrogen) atoms. The van der Waals surface area contributed by atoms with Crippen LogP contribution >= 0.6 is 0 Å². The van der Waals surface area contributed by atoms with E-state index >= 15 is 0 Å². The van der Waals surface area contributed by atoms with Crippen molar-refractivity contribution < 1.29 is 9.90 Å². The molecular formula is C13H20O2. The first-order valence-electron chi connectivity index (χ1n) is 5.70. The van der Waals surface area contributed by atoms with Crippen LogP contribution in [0.2, 0.25) is 0 Å². The third-order valence-electron chi connectivity index (χ3n) is 3.20. The van der Waals surface area contributed by atoms with Gasteiger partial charge in [0.25, 0.3) is 0 Å². The monoisotopic (exact) mass is 208 g/mol. The summed E-state index contributed by atoms with van der Waals surface area (Å²) in [4.78, 5) is 11.2. The van der Waals surface area contributed by atoms with E-state index in [0.29, 0.717) is 12.8 Å². The summed E-state index contributed by atoms with van der Waals surface area (Å²) in [5.74, 6) is -0.628. The van der Waals surface area contributed by atoms with Crippen LogP contribution in [0.4, 0.5) is 0 Å². The van der Waals surface area contributed by atoms with Crippen molar-refractivity contribution in [1.29, 1.82) is 0 Å². The second-order valence-electron chi connectivity index (χ2n) is 4.35. The molecule has 1 N–H and O–H groups in total. The van der Waals surface area contributed by atoms with E-state index < -0.39 is 11.4 Å². The van der Waals surface area contributed by atoms with Crippen molar-refractivity contribution in [1.82, 2.24) is 0 Å². The van der Waals surface area contributed by atoms with Crippen molar-refractivity contribution in [3.63, 3.8) is 0 Å². The van der Waals surface area contributed by atoms with Crippen molar-refractivity contribution in [3.05, 3.63) is 24.8 Å². The minimum atomic E-state index is -0.628. The molecule has 0 spiro atoms. The Balaban J connectivity index is 2.27. The summed E-state index contributed by atoms with van der Waals surface area (Å²) >= 11 is 0. The molecule has 0 bridgehead atoms. The molecule has 0 saturated heterocycles. The molecule has 0 aromatic rings. The van der Waals surface area contributed by atoms with E-state index in [1.54, 1.807) is 0 Å². The Bertz CT molecular complexity index is 245. The predicted molar refractivity (Wildman–Crippen MR) is 61.7 cm³/mol. The second kappa shape index (κ2) is 5.74. The number of carbonyl (C=O) groups is 1. The Kier molecular flexibility index (Phi) is 4.60. The zero-order chi connectivity index (χ0) is 11.1. The Labute approximate surface area is 91.7 Å². The van der Waals surface area contributed by atoms with E-state index in [4.69, 9.17) is 0 Å². The van der Waals surface area contributed by atoms with E-state index in [2.05, 4.69) is 6.58 Å². The molecule has 1 aliphatic carbocycles. The van der Waals surface area contributed by atoms with Crippen LogP contribution in [-0.4, -0.2) is 11.1 Å². The molecule has 0 radical (unpaired) electrons. The topological polar surface area (TPSA) is 37.3 Å². The highest BCUT2D eigenvalue weighted by molar-refractivity contribution is 5.75. The molecule has 0 saturated carbocycles. The lowest BCUT2D eigenvalue weighted by molar-refractivity contribution is -0.148. The standard InChI is InChI=1S/C13H20O2/c1-2-3-4-5-6-9-13(12(14)15)10-7-8-11-13/h2,7-8H,1,3-6,9-11H2,(H,14,15). The summed E-state index contributed by atoms with van der Waals surface area (Å²) < 4.78 is 0. The van der Waals surface area contributed by atoms with E-state index in [1.165, 1.54) is 0 Å². The molecule has 0 amide bonds. The fraction of sp³-hybridized carbons (Fsp3) is 0.615. The third kappa shape index (κ3) is 3.22. The summed E-state index contributed by atoms with van der Waals surface area (Å²) in [6.45, 7) is 3.67. The Morgan fingerprint density at radius 2 is 2.00 bits per heavy atom. The molecule has 0 aliphatic heterocycles. The molecule has 0 aromatic carbocycles. The van der Waals surface area contributed by atoms with Crippen molar-refractivity contribution in [2.45, 2.75) is 44.9 Å². The van der Waals surface area contributed by atoms with Crippen molar-refractivity contribution >= 4 is 5.97 Å². The molecule has 0 unspecified atom stereocenters. The summed E-state index contributed by atoms with van der Waals surface area (Å²) in [6.07, 6.45) is 12.5. The van der Waals surface area contributed by atoms with Gasteiger partial charge in [0.2, 0.25) is 0 Å². The van der Waals surface area contributed by atoms with Crippen LogP contribution < -0.4 is 0 Å². The molecule has 2 heteroatoms. The molecule has 0 heterocycles. The Morgan fingerprint density at radius 1 is 1.33 bits per heavy atom. The number of carboxylic acid groups (broad SMARTS) is 1. The van der Waals surface area contributed by atoms with Crippen LogP contribution in [0.1, 0.15) is 44.9 Å². The van der Waals surface area contributed by atoms with Gasteiger partial charge in [-0.2, -0.15) is 0 Å². The smallest absolute Gasteiger partial charge is 0.310 e. The number of rotatable bonds is 7. The zero-order valence-electron chi connectivity index (χ0n) is 9.24. The van der Waals surface area contributed by atoms with Crippen molar-refractivity contribution in [3.8, 4) is 0 Å². The molecule has 84 valence electrons. The number of hydrogen-bond acceptors (Lipinski definition) is 1. The number of aliphatic carboxylic acids is 1. The zero-order valence-corrected chi connectivity index (χ0v) is 9.24. The van der Waals surface area contributed by atoms with E-state index in [9.17, 15) is 9.90 Å². The molecule has 0 fully saturated rings. The lowest BCUT2D eigenvalue weighted by Gasteiger charge is -2.23. The third-order valence-corrected chi connectivity index (χ3v) is 3.20. The normalized spacial score (nSPS) is 17.9. The highest BCUT2D eigenvalue weighted by atomic mass is 16.4. The average molecular weight is 208 g/mol. The Morgan fingerprint density at radius 3 is 2.53 bits per heavy atom. The average Bonchev–Trinajstić information content (AvgIpc) is 2.67. The Hall–Kier alpha value is -1.05. The lowest BCUT2D eigenvalue weighted by Crippen LogP contribution is -2.27. The molecule has 0 aromatic heterocycles. The van der Waals surface area contributed by atoms with E-state index in [-0.39, 0.29) is 0 Å². The first-order chi connectivity index (χ1) is 7.21. The molecular weight excluding hydrogens is 188 g/mol. The summed E-state index contributed by atoms with van der Waals surface area (Å²) in [6, 6.07) is 0. The highest BCUT2D eigenvalue weighted by Gasteiger charge is 2.37. The summed E-state index contributed by atoms with van der Waals surface area (Å²) in [5.41, 5.74) is -0.478. The van der Waals surface area contributed by atoms with Crippen molar-refractivity contribution in [2.24, 2.45) is 5.41 Å². The lowest BCUT2D eigenvalue weighted by atomic mass is 9.80. The minimum Gasteiger partial charge on any atom is -0.481 e. The van der Waals surface area contributed by atoms with Gasteiger partial charge in [0.15, 0.2) is 0 Å². The molecule has 0 atom stereocenters. The number of carboxylic acids is 1. The minimum absolute atomic E-state index is 0.478. The van der Waals surface area contributed by atoms with Gasteiger partial charge in [-0.25, -0.2) is 0 Å². The van der Waals surface area contributed by atoms with Gasteiger partial charge in [0.05, 0.1) is 5.41 Å². The number of allylic oxidation sites excluding steroid dienone is 3. The van der Waals surface area contributed by atoms with Gasteiger partial charge >= 0.3 is 5.97 Å². The van der Waals surface area contributed by atoms with Gasteiger partial charge < -0.3 is 5.11 Å². The largest absolute Gasteiger partial charge is 0.481 e. The molecule has 1 rings (SSSR count). The van der Waals surface area contributed by atoms with Gasteiger partial charge in [0.1, 0.15) is 0 Å². The van der Waals surface area contributed by atoms with Gasteiger partial charge in [-0.05, 0) is 32.1 Å². The first kappa shape index (κ1) is 12.0. The van der Waals surface area contributed by atoms with Gasteiger partial charge in [-0.3, -0.25) is 4.79 Å². The maximum absolute atomic E-state index is 11.2. The van der Waals surface area contributed by atoms with Gasteiger partial charge in [-0.15, -0.1) is 6.58 Å². The first-order valence-corrected chi connectivity index (χ1v) is 5.70. The van der Waals surface area contributed by atoms with Crippen LogP contribution in [0.5, 0.6) is 0 Å². The predicted octanol–water partition coefficient (Wildman–Crippen LogP) is 3.54. The number of hydrogen-bond donors (Lipinski definition) is 1. The fourth-order valence-corrected chi connectivity index (χ4v) is 2.12. The van der Waals surface area contributed by atoms with Crippen molar-refractivity contribution in [2.75, 3.05) is 0 Å². The number of unbranched alkanes of at least 4 members (excludes halogenated alkanes) is 3. The van der Waals surface area contributed by atoms with Crippen LogP contribution in [0.25, 0.3) is 0 Å². The van der Waals surface area contributed by atoms with Gasteiger partial charge in [-0.1, -0.05) is 31.1 Å². The van der Waals surface area contributed by atoms with E-state index in [0.717, 1.165) is 32.1 Å². The maximum Gasteiger partial charge on any atom is 0.310 e. The van der Waals surface area contributed by atoms with Crippen LogP contribution in [-0.2, 0) is 4.79 Å². The highest BCUT2D eigenvalue weighted by Crippen LogP contribution is 2.38. The SMILES string of the molecule is C=CCCCCCC1(C(=O)O)CC=CC1. The molecule has 1 aliphatic rings. The van der Waals surface area contributed by atoms with Gasteiger partial charge in [0, 0.05) is 0 Å². The maximum atomic E-state index is 11.2. The van der Waals surface area contributed by atoms with Crippen LogP contribution in [0, 0.1) is 5.41 Å². The fourth-order valence-electron chi connectivity index (χ4n) is 2.12. The summed E-state index contributed by atoms with van der Waals surface area (Å²) in [7, 11) is 0. The summed E-state index contributed by atoms with van der Waals surface area (Å²) in [5, 5.41) is 9.21. The quantitative estimate of drug-likeness (QED) is 0.513. The van der Waals surface area contributed by atoms with Crippen LogP contribution in [0.15, 0.2) is 24.8 Å². The molecule has 2 nitrogen and oxygen atoms in total. The second-order valence-corrected chi connectivity index (χ2v) is 4.35. The van der Waals surface area contributed by atoms with E-state index in [1.807, 2.05) is 18.2 Å². The van der Waals surface area contributed by atoms with Crippen LogP contribution in [0.3, 0.4) is 0 Å².